The van der Waals surface area contributed by atoms with Crippen LogP contribution in [-0.2, 0) is 6.54 Å². The van der Waals surface area contributed by atoms with Gasteiger partial charge in [-0.3, -0.25) is 4.79 Å². The third kappa shape index (κ3) is 4.79. The van der Waals surface area contributed by atoms with Crippen molar-refractivity contribution in [2.24, 2.45) is 11.7 Å². The molecule has 3 N–H and O–H groups in total. The zero-order chi connectivity index (χ0) is 17.7. The number of halogens is 2. The number of nitrogens with two attached hydrogens (primary N) is 1. The Labute approximate surface area is 147 Å². The maximum Gasteiger partial charge on any atom is 0.248 e. The Hall–Kier alpha value is -1.91. The SMILES string of the molecule is CC(C)CCNCc1ccc(-c2ccc(C(N)=O)cc2Cl)cc1F. The van der Waals surface area contributed by atoms with Crippen LogP contribution in [0.25, 0.3) is 11.1 Å². The Morgan fingerprint density at radius 2 is 2.00 bits per heavy atom. The van der Waals surface area contributed by atoms with E-state index < -0.39 is 5.91 Å². The van der Waals surface area contributed by atoms with Gasteiger partial charge in [0.05, 0.1) is 0 Å². The fourth-order valence-corrected chi connectivity index (χ4v) is 2.66. The van der Waals surface area contributed by atoms with Crippen molar-refractivity contribution < 1.29 is 9.18 Å². The van der Waals surface area contributed by atoms with E-state index in [-0.39, 0.29) is 5.82 Å². The summed E-state index contributed by atoms with van der Waals surface area (Å²) >= 11 is 6.19. The van der Waals surface area contributed by atoms with Gasteiger partial charge in [0.25, 0.3) is 0 Å². The third-order valence-electron chi connectivity index (χ3n) is 3.83. The molecule has 0 radical (unpaired) electrons. The zero-order valence-corrected chi connectivity index (χ0v) is 14.7. The van der Waals surface area contributed by atoms with Gasteiger partial charge in [0.2, 0.25) is 5.91 Å². The highest BCUT2D eigenvalue weighted by Gasteiger charge is 2.10. The van der Waals surface area contributed by atoms with Gasteiger partial charge in [0.1, 0.15) is 5.82 Å². The van der Waals surface area contributed by atoms with Crippen LogP contribution in [0.15, 0.2) is 36.4 Å². The zero-order valence-electron chi connectivity index (χ0n) is 13.9. The van der Waals surface area contributed by atoms with Crippen LogP contribution < -0.4 is 11.1 Å². The summed E-state index contributed by atoms with van der Waals surface area (Å²) in [4.78, 5) is 11.2. The van der Waals surface area contributed by atoms with Gasteiger partial charge >= 0.3 is 0 Å². The van der Waals surface area contributed by atoms with E-state index in [2.05, 4.69) is 19.2 Å². The second kappa shape index (κ2) is 8.27. The van der Waals surface area contributed by atoms with Crippen molar-refractivity contribution in [3.8, 4) is 11.1 Å². The molecule has 0 aliphatic rings. The minimum Gasteiger partial charge on any atom is -0.366 e. The van der Waals surface area contributed by atoms with Crippen molar-refractivity contribution in [1.29, 1.82) is 0 Å². The van der Waals surface area contributed by atoms with Crippen LogP contribution >= 0.6 is 11.6 Å². The van der Waals surface area contributed by atoms with Crippen molar-refractivity contribution in [3.63, 3.8) is 0 Å². The topological polar surface area (TPSA) is 55.1 Å². The quantitative estimate of drug-likeness (QED) is 0.729. The molecule has 0 atom stereocenters. The summed E-state index contributed by atoms with van der Waals surface area (Å²) in [7, 11) is 0. The second-order valence-electron chi connectivity index (χ2n) is 6.22. The monoisotopic (exact) mass is 348 g/mol. The van der Waals surface area contributed by atoms with E-state index in [0.717, 1.165) is 13.0 Å². The Kier molecular flexibility index (Phi) is 6.35. The lowest BCUT2D eigenvalue weighted by atomic mass is 10.0. The number of carbonyl (C=O) groups is 1. The maximum atomic E-state index is 14.3. The van der Waals surface area contributed by atoms with Crippen LogP contribution in [0.3, 0.4) is 0 Å². The highest BCUT2D eigenvalue weighted by molar-refractivity contribution is 6.33. The molecule has 2 aromatic carbocycles. The molecule has 0 fully saturated rings. The largest absolute Gasteiger partial charge is 0.366 e. The van der Waals surface area contributed by atoms with Crippen molar-refractivity contribution in [3.05, 3.63) is 58.4 Å². The summed E-state index contributed by atoms with van der Waals surface area (Å²) in [6, 6.07) is 9.81. The smallest absolute Gasteiger partial charge is 0.248 e. The van der Waals surface area contributed by atoms with Crippen LogP contribution in [0.2, 0.25) is 5.02 Å². The molecule has 24 heavy (non-hydrogen) atoms. The summed E-state index contributed by atoms with van der Waals surface area (Å²) < 4.78 is 14.3. The predicted molar refractivity (Wildman–Crippen MR) is 96.5 cm³/mol. The van der Waals surface area contributed by atoms with Crippen molar-refractivity contribution in [2.75, 3.05) is 6.54 Å². The number of hydrogen-bond donors (Lipinski definition) is 2. The molecule has 5 heteroatoms. The summed E-state index contributed by atoms with van der Waals surface area (Å²) in [5, 5.41) is 3.62. The number of carbonyl (C=O) groups excluding carboxylic acids is 1. The molecule has 2 rings (SSSR count). The van der Waals surface area contributed by atoms with Gasteiger partial charge in [-0.1, -0.05) is 43.6 Å². The molecule has 3 nitrogen and oxygen atoms in total. The first-order valence-corrected chi connectivity index (χ1v) is 8.35. The van der Waals surface area contributed by atoms with Crippen LogP contribution in [0, 0.1) is 11.7 Å². The van der Waals surface area contributed by atoms with Crippen LogP contribution in [-0.4, -0.2) is 12.5 Å². The molecule has 0 heterocycles. The van der Waals surface area contributed by atoms with Crippen molar-refractivity contribution in [1.82, 2.24) is 5.32 Å². The number of benzene rings is 2. The Morgan fingerprint density at radius 1 is 1.25 bits per heavy atom. The first-order valence-electron chi connectivity index (χ1n) is 7.97. The lowest BCUT2D eigenvalue weighted by molar-refractivity contribution is 0.100. The standard InChI is InChI=1S/C19H22ClFN2O/c1-12(2)7-8-23-11-15-4-3-13(10-18(15)21)16-6-5-14(19(22)24)9-17(16)20/h3-6,9-10,12,23H,7-8,11H2,1-2H3,(H2,22,24). The molecule has 0 spiro atoms. The molecule has 1 amide bonds. The van der Waals surface area contributed by atoms with Crippen LogP contribution in [0.1, 0.15) is 36.2 Å². The van der Waals surface area contributed by atoms with E-state index in [1.54, 1.807) is 18.2 Å². The second-order valence-corrected chi connectivity index (χ2v) is 6.63. The van der Waals surface area contributed by atoms with Gasteiger partial charge in [-0.05, 0) is 42.6 Å². The van der Waals surface area contributed by atoms with Gasteiger partial charge in [0.15, 0.2) is 0 Å². The predicted octanol–water partition coefficient (Wildman–Crippen LogP) is 4.38. The average Bonchev–Trinajstić information content (AvgIpc) is 2.52. The maximum absolute atomic E-state index is 14.3. The van der Waals surface area contributed by atoms with E-state index in [0.29, 0.717) is 39.7 Å². The summed E-state index contributed by atoms with van der Waals surface area (Å²) in [5.41, 5.74) is 7.51. The summed E-state index contributed by atoms with van der Waals surface area (Å²) in [6.45, 7) is 5.67. The van der Waals surface area contributed by atoms with E-state index in [1.165, 1.54) is 12.1 Å². The Morgan fingerprint density at radius 3 is 2.58 bits per heavy atom. The molecule has 0 bridgehead atoms. The van der Waals surface area contributed by atoms with E-state index in [1.807, 2.05) is 6.07 Å². The Balaban J connectivity index is 2.13. The fourth-order valence-electron chi connectivity index (χ4n) is 2.37. The molecule has 0 aliphatic heterocycles. The van der Waals surface area contributed by atoms with Gasteiger partial charge < -0.3 is 11.1 Å². The minimum atomic E-state index is -0.544. The minimum absolute atomic E-state index is 0.278. The highest BCUT2D eigenvalue weighted by Crippen LogP contribution is 2.30. The summed E-state index contributed by atoms with van der Waals surface area (Å²) in [6.07, 6.45) is 1.06. The molecule has 0 saturated carbocycles. The number of nitrogens with one attached hydrogen (secondary N) is 1. The molecule has 0 aliphatic carbocycles. The highest BCUT2D eigenvalue weighted by atomic mass is 35.5. The molecular formula is C19H22ClFN2O. The fraction of sp³-hybridized carbons (Fsp3) is 0.316. The molecular weight excluding hydrogens is 327 g/mol. The lowest BCUT2D eigenvalue weighted by Crippen LogP contribution is -2.17. The van der Waals surface area contributed by atoms with Gasteiger partial charge in [-0.15, -0.1) is 0 Å². The van der Waals surface area contributed by atoms with Gasteiger partial charge in [0, 0.05) is 28.3 Å². The number of amides is 1. The molecule has 0 saturated heterocycles. The molecule has 0 unspecified atom stereocenters. The van der Waals surface area contributed by atoms with Gasteiger partial charge in [-0.25, -0.2) is 4.39 Å². The number of hydrogen-bond acceptors (Lipinski definition) is 2. The van der Waals surface area contributed by atoms with Crippen molar-refractivity contribution >= 4 is 17.5 Å². The number of rotatable bonds is 7. The normalized spacial score (nSPS) is 11.0. The molecule has 0 aromatic heterocycles. The third-order valence-corrected chi connectivity index (χ3v) is 4.14. The van der Waals surface area contributed by atoms with Crippen LogP contribution in [0.5, 0.6) is 0 Å². The van der Waals surface area contributed by atoms with E-state index in [4.69, 9.17) is 17.3 Å². The lowest BCUT2D eigenvalue weighted by Gasteiger charge is -2.10. The van der Waals surface area contributed by atoms with E-state index in [9.17, 15) is 9.18 Å². The van der Waals surface area contributed by atoms with Crippen LogP contribution in [0.4, 0.5) is 4.39 Å². The molecule has 2 aromatic rings. The Bertz CT molecular complexity index is 731. The first-order chi connectivity index (χ1) is 11.4. The first kappa shape index (κ1) is 18.4. The molecule has 128 valence electrons. The average molecular weight is 349 g/mol. The van der Waals surface area contributed by atoms with E-state index >= 15 is 0 Å². The summed E-state index contributed by atoms with van der Waals surface area (Å²) in [5.74, 6) is -0.202. The van der Waals surface area contributed by atoms with Gasteiger partial charge in [-0.2, -0.15) is 0 Å². The van der Waals surface area contributed by atoms with Crippen molar-refractivity contribution in [2.45, 2.75) is 26.8 Å². The number of primary amides is 1.